The Balaban J connectivity index is 1.80. The summed E-state index contributed by atoms with van der Waals surface area (Å²) in [5.41, 5.74) is 6.52. The fourth-order valence-electron chi connectivity index (χ4n) is 1.92. The molecule has 0 atom stereocenters. The number of para-hydroxylation sites is 1. The van der Waals surface area contributed by atoms with Gasteiger partial charge in [0.05, 0.1) is 11.6 Å². The Labute approximate surface area is 138 Å². The molecule has 0 aliphatic carbocycles. The Kier molecular flexibility index (Phi) is 4.46. The molecule has 2 aromatic carbocycles. The third-order valence-electron chi connectivity index (χ3n) is 3.05. The van der Waals surface area contributed by atoms with E-state index in [0.29, 0.717) is 22.9 Å². The summed E-state index contributed by atoms with van der Waals surface area (Å²) >= 11 is 1.53. The second kappa shape index (κ2) is 6.86. The Bertz CT molecular complexity index is 842. The molecular formula is C18H13N3OS. The topological polar surface area (TPSA) is 71.9 Å². The Morgan fingerprint density at radius 3 is 2.43 bits per heavy atom. The maximum atomic E-state index is 8.83. The predicted octanol–water partition coefficient (Wildman–Crippen LogP) is 4.48. The predicted molar refractivity (Wildman–Crippen MR) is 90.4 cm³/mol. The summed E-state index contributed by atoms with van der Waals surface area (Å²) in [5.74, 6) is 1.58. The van der Waals surface area contributed by atoms with Crippen molar-refractivity contribution in [2.75, 3.05) is 5.73 Å². The average Bonchev–Trinajstić information content (AvgIpc) is 2.59. The van der Waals surface area contributed by atoms with E-state index >= 15 is 0 Å². The minimum absolute atomic E-state index is 0.345. The van der Waals surface area contributed by atoms with Gasteiger partial charge < -0.3 is 10.5 Å². The summed E-state index contributed by atoms with van der Waals surface area (Å²) < 4.78 is 5.78. The number of anilines is 1. The molecule has 2 N–H and O–H groups in total. The van der Waals surface area contributed by atoms with Crippen LogP contribution in [-0.4, -0.2) is 4.98 Å². The van der Waals surface area contributed by atoms with Gasteiger partial charge in [-0.3, -0.25) is 0 Å². The molecule has 112 valence electrons. The third kappa shape index (κ3) is 3.82. The number of nitrogen functional groups attached to an aromatic ring is 1. The Morgan fingerprint density at radius 1 is 1.00 bits per heavy atom. The number of benzene rings is 2. The van der Waals surface area contributed by atoms with Gasteiger partial charge in [0, 0.05) is 22.1 Å². The molecule has 0 spiro atoms. The average molecular weight is 319 g/mol. The van der Waals surface area contributed by atoms with Crippen molar-refractivity contribution in [3.05, 3.63) is 72.4 Å². The molecule has 1 heterocycles. The van der Waals surface area contributed by atoms with Crippen molar-refractivity contribution in [3.8, 4) is 17.6 Å². The highest BCUT2D eigenvalue weighted by atomic mass is 32.2. The molecule has 0 saturated carbocycles. The van der Waals surface area contributed by atoms with Crippen molar-refractivity contribution in [2.24, 2.45) is 0 Å². The second-order valence-electron chi connectivity index (χ2n) is 4.71. The van der Waals surface area contributed by atoms with Crippen molar-refractivity contribution in [3.63, 3.8) is 0 Å². The van der Waals surface area contributed by atoms with Gasteiger partial charge in [0.1, 0.15) is 5.75 Å². The first-order valence-electron chi connectivity index (χ1n) is 6.91. The molecular weight excluding hydrogens is 306 g/mol. The smallest absolute Gasteiger partial charge is 0.170 e. The lowest BCUT2D eigenvalue weighted by Gasteiger charge is -2.09. The maximum Gasteiger partial charge on any atom is 0.170 e. The molecule has 0 aliphatic rings. The first kappa shape index (κ1) is 14.9. The van der Waals surface area contributed by atoms with Gasteiger partial charge in [0.2, 0.25) is 0 Å². The molecule has 0 radical (unpaired) electrons. The molecule has 0 aliphatic heterocycles. The normalized spacial score (nSPS) is 10.0. The monoisotopic (exact) mass is 319 g/mol. The van der Waals surface area contributed by atoms with Crippen LogP contribution in [-0.2, 0) is 0 Å². The molecule has 3 rings (SSSR count). The molecule has 0 amide bonds. The quantitative estimate of drug-likeness (QED) is 0.767. The minimum atomic E-state index is 0.345. The molecule has 3 aromatic rings. The van der Waals surface area contributed by atoms with Crippen LogP contribution in [0.25, 0.3) is 0 Å². The number of nitriles is 1. The summed E-state index contributed by atoms with van der Waals surface area (Å²) in [4.78, 5) is 6.11. The largest absolute Gasteiger partial charge is 0.453 e. The van der Waals surface area contributed by atoms with Crippen LogP contribution in [0.3, 0.4) is 0 Å². The highest BCUT2D eigenvalue weighted by Gasteiger charge is 2.07. The van der Waals surface area contributed by atoms with E-state index in [-0.39, 0.29) is 0 Å². The zero-order valence-corrected chi connectivity index (χ0v) is 13.0. The molecule has 0 bridgehead atoms. The van der Waals surface area contributed by atoms with Crippen molar-refractivity contribution in [1.29, 1.82) is 5.26 Å². The lowest BCUT2D eigenvalue weighted by Crippen LogP contribution is -1.95. The van der Waals surface area contributed by atoms with Gasteiger partial charge in [-0.1, -0.05) is 30.0 Å². The van der Waals surface area contributed by atoms with Gasteiger partial charge in [-0.25, -0.2) is 4.98 Å². The van der Waals surface area contributed by atoms with Crippen molar-refractivity contribution in [1.82, 2.24) is 4.98 Å². The summed E-state index contributed by atoms with van der Waals surface area (Å²) in [6.07, 6.45) is 1.70. The van der Waals surface area contributed by atoms with Gasteiger partial charge in [-0.2, -0.15) is 5.26 Å². The fraction of sp³-hybridized carbons (Fsp3) is 0. The SMILES string of the molecule is N#Cc1ccc(Sc2cnc(N)c(Oc3ccccc3)c2)cc1. The number of rotatable bonds is 4. The van der Waals surface area contributed by atoms with E-state index in [9.17, 15) is 0 Å². The molecule has 1 aromatic heterocycles. The van der Waals surface area contributed by atoms with Crippen LogP contribution < -0.4 is 10.5 Å². The van der Waals surface area contributed by atoms with Crippen LogP contribution >= 0.6 is 11.8 Å². The molecule has 0 saturated heterocycles. The highest BCUT2D eigenvalue weighted by Crippen LogP contribution is 2.33. The van der Waals surface area contributed by atoms with Crippen LogP contribution in [0.4, 0.5) is 5.82 Å². The van der Waals surface area contributed by atoms with E-state index in [0.717, 1.165) is 9.79 Å². The molecule has 0 unspecified atom stereocenters. The van der Waals surface area contributed by atoms with Crippen LogP contribution in [0, 0.1) is 11.3 Å². The van der Waals surface area contributed by atoms with Gasteiger partial charge in [-0.15, -0.1) is 0 Å². The third-order valence-corrected chi connectivity index (χ3v) is 4.01. The van der Waals surface area contributed by atoms with Crippen LogP contribution in [0.5, 0.6) is 11.5 Å². The van der Waals surface area contributed by atoms with Crippen molar-refractivity contribution < 1.29 is 4.74 Å². The fourth-order valence-corrected chi connectivity index (χ4v) is 2.74. The second-order valence-corrected chi connectivity index (χ2v) is 5.85. The van der Waals surface area contributed by atoms with E-state index in [2.05, 4.69) is 11.1 Å². The Hall–Kier alpha value is -2.97. The van der Waals surface area contributed by atoms with Gasteiger partial charge in [0.25, 0.3) is 0 Å². The number of hydrogen-bond acceptors (Lipinski definition) is 5. The van der Waals surface area contributed by atoms with E-state index < -0.39 is 0 Å². The van der Waals surface area contributed by atoms with Crippen LogP contribution in [0.2, 0.25) is 0 Å². The van der Waals surface area contributed by atoms with Crippen LogP contribution in [0.15, 0.2) is 76.7 Å². The summed E-state index contributed by atoms with van der Waals surface area (Å²) in [7, 11) is 0. The molecule has 0 fully saturated rings. The molecule has 4 nitrogen and oxygen atoms in total. The lowest BCUT2D eigenvalue weighted by molar-refractivity contribution is 0.481. The van der Waals surface area contributed by atoms with E-state index in [1.54, 1.807) is 18.3 Å². The zero-order valence-electron chi connectivity index (χ0n) is 12.1. The minimum Gasteiger partial charge on any atom is -0.453 e. The Morgan fingerprint density at radius 2 is 1.74 bits per heavy atom. The van der Waals surface area contributed by atoms with Gasteiger partial charge >= 0.3 is 0 Å². The van der Waals surface area contributed by atoms with E-state index in [4.69, 9.17) is 15.7 Å². The van der Waals surface area contributed by atoms with Crippen molar-refractivity contribution in [2.45, 2.75) is 9.79 Å². The van der Waals surface area contributed by atoms with E-state index in [1.807, 2.05) is 48.5 Å². The number of nitrogens with two attached hydrogens (primary N) is 1. The maximum absolute atomic E-state index is 8.83. The van der Waals surface area contributed by atoms with Crippen LogP contribution in [0.1, 0.15) is 5.56 Å². The first-order valence-corrected chi connectivity index (χ1v) is 7.73. The number of aromatic nitrogens is 1. The number of ether oxygens (including phenoxy) is 1. The standard InChI is InChI=1S/C18H13N3OS/c19-11-13-6-8-15(9-7-13)23-16-10-17(18(20)21-12-16)22-14-4-2-1-3-5-14/h1-10,12H,(H2,20,21). The van der Waals surface area contributed by atoms with E-state index in [1.165, 1.54) is 11.8 Å². The summed E-state index contributed by atoms with van der Waals surface area (Å²) in [6.45, 7) is 0. The molecule has 5 heteroatoms. The highest BCUT2D eigenvalue weighted by molar-refractivity contribution is 7.99. The van der Waals surface area contributed by atoms with Crippen molar-refractivity contribution >= 4 is 17.6 Å². The number of pyridine rings is 1. The van der Waals surface area contributed by atoms with Gasteiger partial charge in [-0.05, 0) is 36.4 Å². The summed E-state index contributed by atoms with van der Waals surface area (Å²) in [6, 6.07) is 20.8. The number of nitrogens with zero attached hydrogens (tertiary/aromatic N) is 2. The zero-order chi connectivity index (χ0) is 16.1. The summed E-state index contributed by atoms with van der Waals surface area (Å²) in [5, 5.41) is 8.83. The number of hydrogen-bond donors (Lipinski definition) is 1. The molecule has 23 heavy (non-hydrogen) atoms. The lowest BCUT2D eigenvalue weighted by atomic mass is 10.2. The van der Waals surface area contributed by atoms with Gasteiger partial charge in [0.15, 0.2) is 11.6 Å². The first-order chi connectivity index (χ1) is 11.2.